The van der Waals surface area contributed by atoms with Gasteiger partial charge in [-0.25, -0.2) is 9.97 Å². The van der Waals surface area contributed by atoms with E-state index in [0.717, 1.165) is 6.33 Å². The van der Waals surface area contributed by atoms with E-state index in [1.807, 2.05) is 6.07 Å². The van der Waals surface area contributed by atoms with Gasteiger partial charge in [0.15, 0.2) is 0 Å². The van der Waals surface area contributed by atoms with Crippen LogP contribution in [0, 0.1) is 10.1 Å². The van der Waals surface area contributed by atoms with E-state index in [2.05, 4.69) is 36.7 Å². The summed E-state index contributed by atoms with van der Waals surface area (Å²) in [6.07, 6.45) is 4.01. The minimum atomic E-state index is -0.659. The Bertz CT molecular complexity index is 937. The highest BCUT2D eigenvalue weighted by molar-refractivity contribution is 5.94. The Balaban J connectivity index is 1.75. The van der Waals surface area contributed by atoms with Gasteiger partial charge in [-0.15, -0.1) is 0 Å². The van der Waals surface area contributed by atoms with Crippen molar-refractivity contribution >= 4 is 28.9 Å². The summed E-state index contributed by atoms with van der Waals surface area (Å²) in [5.41, 5.74) is 10.8. The summed E-state index contributed by atoms with van der Waals surface area (Å²) >= 11 is 0. The molecule has 0 atom stereocenters. The number of nitro groups is 1. The number of nitrogens with zero attached hydrogens (tertiary/aromatic N) is 4. The van der Waals surface area contributed by atoms with Gasteiger partial charge >= 0.3 is 5.69 Å². The molecule has 3 rings (SSSR count). The smallest absolute Gasteiger partial charge is 0.299 e. The maximum atomic E-state index is 12.0. The highest BCUT2D eigenvalue weighted by Crippen LogP contribution is 2.28. The highest BCUT2D eigenvalue weighted by Gasteiger charge is 2.23. The molecule has 3 aromatic rings. The molecule has 1 aromatic carbocycles. The molecule has 136 valence electrons. The number of para-hydroxylation sites is 1. The second-order valence-electron chi connectivity index (χ2n) is 5.11. The van der Waals surface area contributed by atoms with Gasteiger partial charge in [0, 0.05) is 12.4 Å². The zero-order chi connectivity index (χ0) is 19.1. The molecule has 4 N–H and O–H groups in total. The minimum absolute atomic E-state index is 0.0722. The number of nitrogens with one attached hydrogen (secondary N) is 4. The fourth-order valence-corrected chi connectivity index (χ4v) is 2.07. The number of benzene rings is 1. The van der Waals surface area contributed by atoms with Crippen molar-refractivity contribution in [1.29, 1.82) is 0 Å². The molecule has 0 aliphatic carbocycles. The Labute approximate surface area is 153 Å². The van der Waals surface area contributed by atoms with Crippen molar-refractivity contribution in [3.8, 4) is 0 Å². The van der Waals surface area contributed by atoms with E-state index >= 15 is 0 Å². The van der Waals surface area contributed by atoms with Gasteiger partial charge in [-0.3, -0.25) is 41.6 Å². The van der Waals surface area contributed by atoms with Crippen LogP contribution in [-0.4, -0.2) is 25.8 Å². The van der Waals surface area contributed by atoms with Gasteiger partial charge in [0.05, 0.1) is 16.2 Å². The van der Waals surface area contributed by atoms with Crippen LogP contribution in [0.25, 0.3) is 0 Å². The van der Waals surface area contributed by atoms with Gasteiger partial charge in [0.1, 0.15) is 6.33 Å². The third kappa shape index (κ3) is 4.42. The average Bonchev–Trinajstić information content (AvgIpc) is 2.71. The first-order valence-electron chi connectivity index (χ1n) is 7.68. The zero-order valence-corrected chi connectivity index (χ0v) is 13.8. The van der Waals surface area contributed by atoms with Crippen molar-refractivity contribution in [3.05, 3.63) is 76.9 Å². The number of hydrogen-bond acceptors (Lipinski definition) is 9. The number of anilines is 3. The van der Waals surface area contributed by atoms with Gasteiger partial charge in [-0.1, -0.05) is 18.2 Å². The maximum Gasteiger partial charge on any atom is 0.356 e. The Morgan fingerprint density at radius 3 is 2.37 bits per heavy atom. The maximum absolute atomic E-state index is 12.0. The van der Waals surface area contributed by atoms with E-state index < -0.39 is 16.5 Å². The molecule has 0 radical (unpaired) electrons. The van der Waals surface area contributed by atoms with Crippen LogP contribution >= 0.6 is 0 Å². The Morgan fingerprint density at radius 2 is 1.70 bits per heavy atom. The first-order chi connectivity index (χ1) is 13.1. The topological polar surface area (TPSA) is 147 Å². The molecule has 0 aliphatic heterocycles. The van der Waals surface area contributed by atoms with E-state index in [0.29, 0.717) is 5.69 Å². The van der Waals surface area contributed by atoms with E-state index in [1.54, 1.807) is 36.4 Å². The van der Waals surface area contributed by atoms with Crippen molar-refractivity contribution in [2.45, 2.75) is 0 Å². The standard InChI is InChI=1S/C16H14N8O3/c25-16(11-5-4-8-17-9-11)23-22-15-13(24(26)27)14(18-10-19-15)21-20-12-6-2-1-3-7-12/h1-10,20H,(H,23,25)(H2,18,19,21,22). The number of carbonyl (C=O) groups excluding carboxylic acids is 1. The van der Waals surface area contributed by atoms with Crippen LogP contribution < -0.4 is 21.7 Å². The van der Waals surface area contributed by atoms with Crippen molar-refractivity contribution in [1.82, 2.24) is 20.4 Å². The van der Waals surface area contributed by atoms with Gasteiger partial charge in [0.2, 0.25) is 11.6 Å². The lowest BCUT2D eigenvalue weighted by Crippen LogP contribution is -2.30. The lowest BCUT2D eigenvalue weighted by molar-refractivity contribution is -0.383. The summed E-state index contributed by atoms with van der Waals surface area (Å²) in [7, 11) is 0. The fourth-order valence-electron chi connectivity index (χ4n) is 2.07. The monoisotopic (exact) mass is 366 g/mol. The molecule has 11 nitrogen and oxygen atoms in total. The van der Waals surface area contributed by atoms with Crippen molar-refractivity contribution in [2.75, 3.05) is 16.3 Å². The van der Waals surface area contributed by atoms with Gasteiger partial charge in [0.25, 0.3) is 5.91 Å². The molecule has 11 heteroatoms. The summed E-state index contributed by atoms with van der Waals surface area (Å²) in [6, 6.07) is 12.1. The van der Waals surface area contributed by atoms with Crippen molar-refractivity contribution in [3.63, 3.8) is 0 Å². The van der Waals surface area contributed by atoms with Crippen LogP contribution in [0.4, 0.5) is 23.0 Å². The van der Waals surface area contributed by atoms with Gasteiger partial charge < -0.3 is 0 Å². The second-order valence-corrected chi connectivity index (χ2v) is 5.11. The van der Waals surface area contributed by atoms with Crippen LogP contribution in [0.2, 0.25) is 0 Å². The largest absolute Gasteiger partial charge is 0.356 e. The highest BCUT2D eigenvalue weighted by atomic mass is 16.6. The SMILES string of the molecule is O=C(NNc1ncnc(NNc2ccccc2)c1[N+](=O)[O-])c1cccnc1. The number of carbonyl (C=O) groups is 1. The fraction of sp³-hybridized carbons (Fsp3) is 0. The van der Waals surface area contributed by atoms with Crippen LogP contribution in [0.5, 0.6) is 0 Å². The van der Waals surface area contributed by atoms with Crippen LogP contribution in [-0.2, 0) is 0 Å². The molecule has 2 heterocycles. The summed E-state index contributed by atoms with van der Waals surface area (Å²) < 4.78 is 0. The predicted octanol–water partition coefficient (Wildman–Crippen LogP) is 1.98. The third-order valence-corrected chi connectivity index (χ3v) is 3.32. The predicted molar refractivity (Wildman–Crippen MR) is 97.7 cm³/mol. The lowest BCUT2D eigenvalue weighted by atomic mass is 10.3. The second kappa shape index (κ2) is 8.20. The molecule has 0 unspecified atom stereocenters. The van der Waals surface area contributed by atoms with Crippen LogP contribution in [0.1, 0.15) is 10.4 Å². The average molecular weight is 366 g/mol. The lowest BCUT2D eigenvalue weighted by Gasteiger charge is -2.12. The quantitative estimate of drug-likeness (QED) is 0.364. The Kier molecular flexibility index (Phi) is 5.33. The zero-order valence-electron chi connectivity index (χ0n) is 13.8. The van der Waals surface area contributed by atoms with Crippen molar-refractivity contribution < 1.29 is 9.72 Å². The summed E-state index contributed by atoms with van der Waals surface area (Å²) in [5, 5.41) is 11.5. The van der Waals surface area contributed by atoms with Crippen LogP contribution in [0.3, 0.4) is 0 Å². The molecule has 0 spiro atoms. The number of aromatic nitrogens is 3. The van der Waals surface area contributed by atoms with E-state index in [9.17, 15) is 14.9 Å². The molecule has 0 aliphatic rings. The number of hydrogen-bond donors (Lipinski definition) is 4. The molecule has 0 saturated carbocycles. The Morgan fingerprint density at radius 1 is 0.963 bits per heavy atom. The summed E-state index contributed by atoms with van der Waals surface area (Å²) in [4.78, 5) is 34.4. The molecule has 0 saturated heterocycles. The van der Waals surface area contributed by atoms with E-state index in [1.165, 1.54) is 12.4 Å². The van der Waals surface area contributed by atoms with E-state index in [-0.39, 0.29) is 17.2 Å². The normalized spacial score (nSPS) is 9.93. The molecule has 0 fully saturated rings. The molecular formula is C16H14N8O3. The van der Waals surface area contributed by atoms with Crippen molar-refractivity contribution in [2.24, 2.45) is 0 Å². The number of amides is 1. The summed E-state index contributed by atoms with van der Waals surface area (Å²) in [6.45, 7) is 0. The van der Waals surface area contributed by atoms with Gasteiger partial charge in [-0.2, -0.15) is 0 Å². The molecule has 1 amide bonds. The minimum Gasteiger partial charge on any atom is -0.299 e. The number of hydrazine groups is 2. The van der Waals surface area contributed by atoms with Crippen LogP contribution in [0.15, 0.2) is 61.2 Å². The summed E-state index contributed by atoms with van der Waals surface area (Å²) in [5.74, 6) is -0.769. The molecule has 0 bridgehead atoms. The molecule has 2 aromatic heterocycles. The first-order valence-corrected chi connectivity index (χ1v) is 7.68. The molecule has 27 heavy (non-hydrogen) atoms. The van der Waals surface area contributed by atoms with Gasteiger partial charge in [-0.05, 0) is 24.3 Å². The number of pyridine rings is 1. The number of rotatable bonds is 7. The van der Waals surface area contributed by atoms with E-state index in [4.69, 9.17) is 0 Å². The third-order valence-electron chi connectivity index (χ3n) is 3.32. The Hall–Kier alpha value is -4.28. The molecular weight excluding hydrogens is 352 g/mol. The first kappa shape index (κ1) is 17.5.